The second kappa shape index (κ2) is 14.2. The van der Waals surface area contributed by atoms with Crippen molar-refractivity contribution in [3.05, 3.63) is 82.1 Å². The van der Waals surface area contributed by atoms with Gasteiger partial charge in [0.05, 0.1) is 22.1 Å². The molecule has 0 spiro atoms. The first-order valence-electron chi connectivity index (χ1n) is 14.9. The van der Waals surface area contributed by atoms with Gasteiger partial charge in [-0.25, -0.2) is 4.39 Å². The molecule has 1 saturated carbocycles. The fraction of sp³-hybridized carbons (Fsp3) is 0.424. The van der Waals surface area contributed by atoms with Gasteiger partial charge in [0.25, 0.3) is 0 Å². The Morgan fingerprint density at radius 2 is 1.70 bits per heavy atom. The molecule has 0 unspecified atom stereocenters. The number of hydrogen-bond donors (Lipinski definition) is 1. The molecule has 3 aromatic rings. The summed E-state index contributed by atoms with van der Waals surface area (Å²) in [5.74, 6) is 1.37. The molecule has 43 heavy (non-hydrogen) atoms. The zero-order valence-electron chi connectivity index (χ0n) is 24.0. The van der Waals surface area contributed by atoms with Crippen LogP contribution in [-0.4, -0.2) is 61.2 Å². The summed E-state index contributed by atoms with van der Waals surface area (Å²) in [6.45, 7) is 4.32. The van der Waals surface area contributed by atoms with Crippen molar-refractivity contribution in [2.75, 3.05) is 37.6 Å². The Bertz CT molecular complexity index is 1400. The number of rotatable bonds is 11. The van der Waals surface area contributed by atoms with Gasteiger partial charge in [-0.3, -0.25) is 4.79 Å². The van der Waals surface area contributed by atoms with Crippen LogP contribution in [0.3, 0.4) is 0 Å². The molecule has 0 radical (unpaired) electrons. The minimum Gasteiger partial charge on any atom is -0.489 e. The average molecular weight is 631 g/mol. The van der Waals surface area contributed by atoms with Crippen LogP contribution in [0, 0.1) is 11.7 Å². The maximum atomic E-state index is 13.6. The summed E-state index contributed by atoms with van der Waals surface area (Å²) >= 11 is 12.9. The van der Waals surface area contributed by atoms with Gasteiger partial charge in [-0.1, -0.05) is 29.3 Å². The quantitative estimate of drug-likeness (QED) is 0.269. The number of carbonyl (C=O) groups excluding carboxylic acids is 1. The van der Waals surface area contributed by atoms with Crippen molar-refractivity contribution in [1.82, 2.24) is 10.2 Å². The molecular weight excluding hydrogens is 592 g/mol. The van der Waals surface area contributed by atoms with Crippen molar-refractivity contribution in [1.29, 1.82) is 0 Å². The highest BCUT2D eigenvalue weighted by Crippen LogP contribution is 2.36. The Balaban J connectivity index is 0.00000368. The molecule has 2 aliphatic heterocycles. The molecule has 7 nitrogen and oxygen atoms in total. The predicted octanol–water partition coefficient (Wildman–Crippen LogP) is 6.29. The molecule has 2 heterocycles. The minimum atomic E-state index is -0.327. The number of benzene rings is 3. The third-order valence-electron chi connectivity index (χ3n) is 8.20. The lowest BCUT2D eigenvalue weighted by atomic mass is 10.0. The average Bonchev–Trinajstić information content (AvgIpc) is 3.40. The minimum absolute atomic E-state index is 0. The molecule has 2 saturated heterocycles. The monoisotopic (exact) mass is 629 g/mol. The Morgan fingerprint density at radius 3 is 2.42 bits per heavy atom. The van der Waals surface area contributed by atoms with Crippen LogP contribution < -0.4 is 19.7 Å². The molecule has 6 rings (SSSR count). The highest BCUT2D eigenvalue weighted by Gasteiger charge is 2.31. The number of amides is 1. The van der Waals surface area contributed by atoms with Crippen molar-refractivity contribution < 1.29 is 24.1 Å². The number of hydrogen-bond acceptors (Lipinski definition) is 5. The summed E-state index contributed by atoms with van der Waals surface area (Å²) in [7, 11) is 0. The highest BCUT2D eigenvalue weighted by molar-refractivity contribution is 6.32. The number of nitrogens with one attached hydrogen (secondary N) is 1. The van der Waals surface area contributed by atoms with Gasteiger partial charge in [-0.05, 0) is 106 Å². The fourth-order valence-electron chi connectivity index (χ4n) is 5.78. The van der Waals surface area contributed by atoms with Crippen molar-refractivity contribution >= 4 is 34.8 Å². The maximum Gasteiger partial charge on any atom is 0.225 e. The summed E-state index contributed by atoms with van der Waals surface area (Å²) < 4.78 is 25.1. The lowest BCUT2D eigenvalue weighted by Gasteiger charge is -2.26. The van der Waals surface area contributed by atoms with Crippen LogP contribution in [0.25, 0.3) is 0 Å². The molecule has 3 aromatic carbocycles. The van der Waals surface area contributed by atoms with Crippen LogP contribution in [0.15, 0.2) is 60.7 Å². The standard InChI is InChI=1S/C33H36Cl2FN3O3.H2O/c34-29-11-6-26(19-32(29)42-27-7-4-24(36)5-8-27)39-16-13-23(20-39)33(40)37-25(21-38-14-1-2-15-38)17-22-3-12-31(30(35)18-22)41-28-9-10-28;/h3-8,11-12,18-19,23,25,28H,1-2,9-10,13-17,20-21H2,(H,37,40);1H2/t23-,25+;/m1./s1. The normalized spacial score (nSPS) is 19.1. The summed E-state index contributed by atoms with van der Waals surface area (Å²) in [5, 5.41) is 4.48. The first kappa shape index (κ1) is 31.4. The zero-order valence-corrected chi connectivity index (χ0v) is 25.5. The summed E-state index contributed by atoms with van der Waals surface area (Å²) in [5.41, 5.74) is 2.03. The molecule has 0 aromatic heterocycles. The van der Waals surface area contributed by atoms with Crippen LogP contribution in [0.1, 0.15) is 37.7 Å². The second-order valence-corrected chi connectivity index (χ2v) is 12.4. The van der Waals surface area contributed by atoms with Gasteiger partial charge in [0, 0.05) is 37.4 Å². The Labute approximate surface area is 262 Å². The van der Waals surface area contributed by atoms with Crippen LogP contribution in [0.4, 0.5) is 10.1 Å². The summed E-state index contributed by atoms with van der Waals surface area (Å²) in [6.07, 6.45) is 6.34. The van der Waals surface area contributed by atoms with Gasteiger partial charge in [0.2, 0.25) is 5.91 Å². The van der Waals surface area contributed by atoms with E-state index in [2.05, 4.69) is 21.2 Å². The van der Waals surface area contributed by atoms with Crippen molar-refractivity contribution in [2.24, 2.45) is 5.92 Å². The molecule has 0 bridgehead atoms. The molecule has 3 aliphatic rings. The molecule has 2 atom stereocenters. The van der Waals surface area contributed by atoms with E-state index >= 15 is 0 Å². The first-order chi connectivity index (χ1) is 20.4. The van der Waals surface area contributed by atoms with Gasteiger partial charge in [-0.2, -0.15) is 0 Å². The molecule has 1 aliphatic carbocycles. The van der Waals surface area contributed by atoms with E-state index < -0.39 is 0 Å². The lowest BCUT2D eigenvalue weighted by Crippen LogP contribution is -2.46. The first-order valence-corrected chi connectivity index (χ1v) is 15.6. The molecule has 10 heteroatoms. The number of anilines is 1. The van der Waals surface area contributed by atoms with E-state index in [0.29, 0.717) is 40.6 Å². The second-order valence-electron chi connectivity index (χ2n) is 11.6. The number of likely N-dealkylation sites (tertiary alicyclic amines) is 1. The van der Waals surface area contributed by atoms with Crippen LogP contribution in [-0.2, 0) is 11.2 Å². The topological polar surface area (TPSA) is 85.5 Å². The third-order valence-corrected chi connectivity index (χ3v) is 8.81. The van der Waals surface area contributed by atoms with E-state index in [4.69, 9.17) is 32.7 Å². The zero-order chi connectivity index (χ0) is 29.1. The molecular formula is C33H38Cl2FN3O4. The number of ether oxygens (including phenoxy) is 2. The van der Waals surface area contributed by atoms with E-state index in [-0.39, 0.29) is 29.2 Å². The highest BCUT2D eigenvalue weighted by atomic mass is 35.5. The van der Waals surface area contributed by atoms with Crippen LogP contribution >= 0.6 is 23.2 Å². The van der Waals surface area contributed by atoms with Gasteiger partial charge < -0.3 is 30.1 Å². The Hall–Kier alpha value is -3.04. The van der Waals surface area contributed by atoms with Crippen molar-refractivity contribution in [2.45, 2.75) is 50.7 Å². The smallest absolute Gasteiger partial charge is 0.225 e. The van der Waals surface area contributed by atoms with E-state index in [0.717, 1.165) is 62.4 Å². The molecule has 230 valence electrons. The van der Waals surface area contributed by atoms with E-state index in [1.807, 2.05) is 24.3 Å². The summed E-state index contributed by atoms with van der Waals surface area (Å²) in [4.78, 5) is 18.2. The lowest BCUT2D eigenvalue weighted by molar-refractivity contribution is -0.125. The van der Waals surface area contributed by atoms with Crippen molar-refractivity contribution in [3.8, 4) is 17.2 Å². The Kier molecular flexibility index (Phi) is 10.3. The maximum absolute atomic E-state index is 13.6. The van der Waals surface area contributed by atoms with E-state index in [1.54, 1.807) is 18.2 Å². The SMILES string of the molecule is O.O=C(N[C@@H](Cc1ccc(OC2CC2)c(Cl)c1)CN1CCCC1)[C@@H]1CCN(c2ccc(Cl)c(Oc3ccc(F)cc3)c2)C1. The van der Waals surface area contributed by atoms with E-state index in [1.165, 1.54) is 25.0 Å². The Morgan fingerprint density at radius 1 is 0.930 bits per heavy atom. The van der Waals surface area contributed by atoms with E-state index in [9.17, 15) is 9.18 Å². The van der Waals surface area contributed by atoms with Crippen LogP contribution in [0.5, 0.6) is 17.2 Å². The van der Waals surface area contributed by atoms with Crippen molar-refractivity contribution in [3.63, 3.8) is 0 Å². The van der Waals surface area contributed by atoms with Gasteiger partial charge in [0.1, 0.15) is 23.1 Å². The van der Waals surface area contributed by atoms with Gasteiger partial charge >= 0.3 is 0 Å². The number of carbonyl (C=O) groups is 1. The third kappa shape index (κ3) is 8.32. The predicted molar refractivity (Wildman–Crippen MR) is 168 cm³/mol. The molecule has 1 amide bonds. The van der Waals surface area contributed by atoms with Crippen LogP contribution in [0.2, 0.25) is 10.0 Å². The summed E-state index contributed by atoms with van der Waals surface area (Å²) in [6, 6.07) is 17.4. The molecule has 3 fully saturated rings. The van der Waals surface area contributed by atoms with Gasteiger partial charge in [-0.15, -0.1) is 0 Å². The van der Waals surface area contributed by atoms with Gasteiger partial charge in [0.15, 0.2) is 0 Å². The number of nitrogens with zero attached hydrogens (tertiary/aromatic N) is 2. The largest absolute Gasteiger partial charge is 0.489 e. The number of halogens is 3. The fourth-order valence-corrected chi connectivity index (χ4v) is 6.18. The molecule has 3 N–H and O–H groups in total.